The van der Waals surface area contributed by atoms with Crippen molar-refractivity contribution in [1.82, 2.24) is 15.0 Å². The van der Waals surface area contributed by atoms with Gasteiger partial charge < -0.3 is 9.90 Å². The topological polar surface area (TPSA) is 87.9 Å². The predicted octanol–water partition coefficient (Wildman–Crippen LogP) is 0.265. The lowest BCUT2D eigenvalue weighted by Gasteiger charge is -2.06. The summed E-state index contributed by atoms with van der Waals surface area (Å²) in [4.78, 5) is 22.8. The molecule has 3 aromatic rings. The number of aromatic nitrogens is 3. The van der Waals surface area contributed by atoms with Crippen molar-refractivity contribution < 1.29 is 9.90 Å². The van der Waals surface area contributed by atoms with E-state index in [-0.39, 0.29) is 17.7 Å². The third-order valence-electron chi connectivity index (χ3n) is 2.86. The van der Waals surface area contributed by atoms with Crippen LogP contribution in [0, 0.1) is 0 Å². The molecule has 0 spiro atoms. The Bertz CT molecular complexity index is 836. The number of hydrogen-bond acceptors (Lipinski definition) is 6. The summed E-state index contributed by atoms with van der Waals surface area (Å²) >= 11 is 1.32. The molecule has 7 heteroatoms. The number of fused-ring (bicyclic) bond motifs is 1. The van der Waals surface area contributed by atoms with Crippen LogP contribution in [-0.4, -0.2) is 21.0 Å². The average molecular weight is 286 g/mol. The van der Waals surface area contributed by atoms with Crippen LogP contribution in [0.15, 0.2) is 40.5 Å². The van der Waals surface area contributed by atoms with Crippen LogP contribution in [0.25, 0.3) is 10.2 Å². The zero-order valence-corrected chi connectivity index (χ0v) is 11.0. The van der Waals surface area contributed by atoms with Crippen molar-refractivity contribution in [2.24, 2.45) is 0 Å². The largest absolute Gasteiger partial charge is 0.545 e. The summed E-state index contributed by atoms with van der Waals surface area (Å²) in [6, 6.07) is 7.86. The Morgan fingerprint density at radius 3 is 2.70 bits per heavy atom. The zero-order valence-electron chi connectivity index (χ0n) is 10.1. The van der Waals surface area contributed by atoms with E-state index in [1.807, 2.05) is 0 Å². The Balaban J connectivity index is 1.94. The number of hydrogen-bond donors (Lipinski definition) is 0. The minimum atomic E-state index is -1.23. The maximum atomic E-state index is 12.1. The van der Waals surface area contributed by atoms with E-state index in [0.717, 1.165) is 5.56 Å². The molecule has 3 rings (SSSR count). The fourth-order valence-electron chi connectivity index (χ4n) is 1.82. The van der Waals surface area contributed by atoms with Gasteiger partial charge >= 0.3 is 0 Å². The Hall–Kier alpha value is -2.54. The van der Waals surface area contributed by atoms with Crippen LogP contribution in [0.1, 0.15) is 15.9 Å². The van der Waals surface area contributed by atoms with Crippen molar-refractivity contribution in [3.8, 4) is 0 Å². The first-order valence-corrected chi connectivity index (χ1v) is 6.64. The molecular formula is C13H8N3O3S-. The van der Waals surface area contributed by atoms with Gasteiger partial charge in [-0.05, 0) is 22.6 Å². The molecule has 2 heterocycles. The highest BCUT2D eigenvalue weighted by Crippen LogP contribution is 2.12. The fourth-order valence-corrected chi connectivity index (χ4v) is 2.59. The highest BCUT2D eigenvalue weighted by molar-refractivity contribution is 7.17. The Kier molecular flexibility index (Phi) is 3.03. The molecule has 0 atom stereocenters. The number of carbonyl (C=O) groups is 1. The lowest BCUT2D eigenvalue weighted by atomic mass is 10.1. The first-order chi connectivity index (χ1) is 9.65. The molecule has 0 bridgehead atoms. The van der Waals surface area contributed by atoms with Gasteiger partial charge in [-0.2, -0.15) is 0 Å². The fraction of sp³-hybridized carbons (Fsp3) is 0.0769. The van der Waals surface area contributed by atoms with Crippen LogP contribution < -0.4 is 10.7 Å². The second kappa shape index (κ2) is 4.86. The van der Waals surface area contributed by atoms with Gasteiger partial charge in [0.1, 0.15) is 10.2 Å². The van der Waals surface area contributed by atoms with Crippen molar-refractivity contribution in [2.75, 3.05) is 0 Å². The quantitative estimate of drug-likeness (QED) is 0.689. The van der Waals surface area contributed by atoms with E-state index in [2.05, 4.69) is 10.3 Å². The van der Waals surface area contributed by atoms with Crippen LogP contribution in [0.3, 0.4) is 0 Å². The number of thiophene rings is 1. The van der Waals surface area contributed by atoms with Crippen molar-refractivity contribution in [3.63, 3.8) is 0 Å². The van der Waals surface area contributed by atoms with Crippen molar-refractivity contribution >= 4 is 27.5 Å². The third kappa shape index (κ3) is 2.19. The maximum absolute atomic E-state index is 12.1. The van der Waals surface area contributed by atoms with Gasteiger partial charge in [-0.15, -0.1) is 16.4 Å². The standard InChI is InChI=1S/C13H9N3O3S/c17-12-11-10(5-6-20-11)14-15-16(12)7-8-1-3-9(4-2-8)13(18)19/h1-6H,7H2,(H,18,19)/p-1. The molecule has 100 valence electrons. The smallest absolute Gasteiger partial charge is 0.288 e. The molecule has 0 fully saturated rings. The molecule has 0 unspecified atom stereocenters. The minimum absolute atomic E-state index is 0.0980. The Labute approximate surface area is 116 Å². The van der Waals surface area contributed by atoms with E-state index >= 15 is 0 Å². The number of nitrogens with zero attached hydrogens (tertiary/aromatic N) is 3. The van der Waals surface area contributed by atoms with Gasteiger partial charge in [0.25, 0.3) is 5.56 Å². The second-order valence-corrected chi connectivity index (χ2v) is 5.09. The molecule has 2 aromatic heterocycles. The average Bonchev–Trinajstić information content (AvgIpc) is 2.92. The van der Waals surface area contributed by atoms with E-state index in [9.17, 15) is 14.7 Å². The van der Waals surface area contributed by atoms with Crippen LogP contribution in [-0.2, 0) is 6.54 Å². The van der Waals surface area contributed by atoms with E-state index in [4.69, 9.17) is 0 Å². The number of carboxylic acid groups (broad SMARTS) is 1. The minimum Gasteiger partial charge on any atom is -0.545 e. The summed E-state index contributed by atoms with van der Waals surface area (Å²) < 4.78 is 1.82. The van der Waals surface area contributed by atoms with E-state index in [1.165, 1.54) is 28.2 Å². The SMILES string of the molecule is O=C([O-])c1ccc(Cn2nnc3ccsc3c2=O)cc1. The molecule has 0 saturated heterocycles. The summed E-state index contributed by atoms with van der Waals surface area (Å²) in [5, 5.41) is 20.3. The van der Waals surface area contributed by atoms with Crippen LogP contribution in [0.4, 0.5) is 0 Å². The van der Waals surface area contributed by atoms with Gasteiger partial charge in [0, 0.05) is 0 Å². The maximum Gasteiger partial charge on any atom is 0.288 e. The monoisotopic (exact) mass is 286 g/mol. The zero-order chi connectivity index (χ0) is 14.1. The number of benzene rings is 1. The molecule has 0 aliphatic carbocycles. The number of carboxylic acids is 1. The van der Waals surface area contributed by atoms with Gasteiger partial charge in [0.15, 0.2) is 0 Å². The van der Waals surface area contributed by atoms with Crippen LogP contribution in [0.5, 0.6) is 0 Å². The molecule has 6 nitrogen and oxygen atoms in total. The Morgan fingerprint density at radius 2 is 2.00 bits per heavy atom. The van der Waals surface area contributed by atoms with Crippen molar-refractivity contribution in [2.45, 2.75) is 6.54 Å². The molecule has 1 aromatic carbocycles. The molecule has 0 saturated carbocycles. The molecule has 0 aliphatic rings. The van der Waals surface area contributed by atoms with E-state index in [0.29, 0.717) is 10.2 Å². The van der Waals surface area contributed by atoms with Gasteiger partial charge in [-0.25, -0.2) is 4.68 Å². The number of carbonyl (C=O) groups excluding carboxylic acids is 1. The van der Waals surface area contributed by atoms with Crippen molar-refractivity contribution in [1.29, 1.82) is 0 Å². The molecular weight excluding hydrogens is 278 g/mol. The number of rotatable bonds is 3. The summed E-state index contributed by atoms with van der Waals surface area (Å²) in [5.41, 5.74) is 1.25. The molecule has 0 amide bonds. The predicted molar refractivity (Wildman–Crippen MR) is 71.5 cm³/mol. The Morgan fingerprint density at radius 1 is 1.25 bits per heavy atom. The van der Waals surface area contributed by atoms with Crippen LogP contribution >= 0.6 is 11.3 Å². The summed E-state index contributed by atoms with van der Waals surface area (Å²) in [6.07, 6.45) is 0. The summed E-state index contributed by atoms with van der Waals surface area (Å²) in [5.74, 6) is -1.23. The molecule has 0 radical (unpaired) electrons. The third-order valence-corrected chi connectivity index (χ3v) is 3.75. The first-order valence-electron chi connectivity index (χ1n) is 5.76. The van der Waals surface area contributed by atoms with Gasteiger partial charge in [-0.3, -0.25) is 4.79 Å². The lowest BCUT2D eigenvalue weighted by Crippen LogP contribution is -2.24. The highest BCUT2D eigenvalue weighted by atomic mass is 32.1. The normalized spacial score (nSPS) is 10.8. The van der Waals surface area contributed by atoms with Crippen molar-refractivity contribution in [3.05, 3.63) is 57.2 Å². The molecule has 20 heavy (non-hydrogen) atoms. The van der Waals surface area contributed by atoms with E-state index < -0.39 is 5.97 Å². The van der Waals surface area contributed by atoms with Gasteiger partial charge in [-0.1, -0.05) is 29.5 Å². The van der Waals surface area contributed by atoms with Gasteiger partial charge in [0.2, 0.25) is 0 Å². The van der Waals surface area contributed by atoms with E-state index in [1.54, 1.807) is 23.6 Å². The molecule has 0 N–H and O–H groups in total. The summed E-state index contributed by atoms with van der Waals surface area (Å²) in [7, 11) is 0. The summed E-state index contributed by atoms with van der Waals surface area (Å²) in [6.45, 7) is 0.243. The first kappa shape index (κ1) is 12.5. The second-order valence-electron chi connectivity index (χ2n) is 4.17. The molecule has 0 aliphatic heterocycles. The van der Waals surface area contributed by atoms with Gasteiger partial charge in [0.05, 0.1) is 12.5 Å². The van der Waals surface area contributed by atoms with Crippen LogP contribution in [0.2, 0.25) is 0 Å². The highest BCUT2D eigenvalue weighted by Gasteiger charge is 2.07. The number of aromatic carboxylic acids is 1. The lowest BCUT2D eigenvalue weighted by molar-refractivity contribution is -0.255.